The summed E-state index contributed by atoms with van der Waals surface area (Å²) >= 11 is 0. The Morgan fingerprint density at radius 3 is 2.70 bits per heavy atom. The summed E-state index contributed by atoms with van der Waals surface area (Å²) in [5.41, 5.74) is 3.01. The number of nitrogens with zero attached hydrogens (tertiary/aromatic N) is 2. The molecule has 0 amide bonds. The number of aromatic nitrogens is 1. The van der Waals surface area contributed by atoms with Crippen LogP contribution < -0.4 is 10.2 Å². The fourth-order valence-electron chi connectivity index (χ4n) is 3.05. The average Bonchev–Trinajstić information content (AvgIpc) is 2.91. The van der Waals surface area contributed by atoms with Gasteiger partial charge in [-0.05, 0) is 36.8 Å². The molecule has 0 atom stereocenters. The fraction of sp³-hybridized carbons (Fsp3) is 0.706. The van der Waals surface area contributed by atoms with Gasteiger partial charge >= 0.3 is 0 Å². The van der Waals surface area contributed by atoms with E-state index in [1.165, 1.54) is 38.0 Å². The van der Waals surface area contributed by atoms with E-state index >= 15 is 0 Å². The van der Waals surface area contributed by atoms with E-state index in [-0.39, 0.29) is 0 Å². The predicted octanol–water partition coefficient (Wildman–Crippen LogP) is 3.60. The summed E-state index contributed by atoms with van der Waals surface area (Å²) in [4.78, 5) is 7.01. The number of hydrogen-bond donors (Lipinski definition) is 1. The molecule has 1 aromatic heterocycles. The van der Waals surface area contributed by atoms with Crippen LogP contribution >= 0.6 is 0 Å². The Labute approximate surface area is 123 Å². The van der Waals surface area contributed by atoms with E-state index < -0.39 is 0 Å². The molecule has 2 rings (SSSR count). The second-order valence-corrected chi connectivity index (χ2v) is 6.42. The molecule has 112 valence electrons. The van der Waals surface area contributed by atoms with Crippen LogP contribution in [0.2, 0.25) is 0 Å². The maximum absolute atomic E-state index is 4.47. The highest BCUT2D eigenvalue weighted by molar-refractivity contribution is 5.48. The second kappa shape index (κ2) is 6.57. The van der Waals surface area contributed by atoms with Crippen LogP contribution in [0.15, 0.2) is 18.3 Å². The minimum atomic E-state index is 0.500. The van der Waals surface area contributed by atoms with Gasteiger partial charge in [0, 0.05) is 37.6 Å². The van der Waals surface area contributed by atoms with Crippen molar-refractivity contribution in [1.29, 1.82) is 0 Å². The summed E-state index contributed by atoms with van der Waals surface area (Å²) in [6.07, 6.45) is 5.84. The first kappa shape index (κ1) is 15.3. The van der Waals surface area contributed by atoms with Gasteiger partial charge in [-0.25, -0.2) is 0 Å². The monoisotopic (exact) mass is 275 g/mol. The van der Waals surface area contributed by atoms with E-state index in [0.717, 1.165) is 12.2 Å². The van der Waals surface area contributed by atoms with E-state index in [4.69, 9.17) is 0 Å². The van der Waals surface area contributed by atoms with Crippen LogP contribution in [0.4, 0.5) is 5.69 Å². The third-order valence-corrected chi connectivity index (χ3v) is 4.80. The summed E-state index contributed by atoms with van der Waals surface area (Å²) in [5, 5.41) is 3.44. The van der Waals surface area contributed by atoms with Gasteiger partial charge in [0.15, 0.2) is 0 Å². The van der Waals surface area contributed by atoms with Crippen molar-refractivity contribution in [2.24, 2.45) is 5.41 Å². The van der Waals surface area contributed by atoms with Gasteiger partial charge in [-0.3, -0.25) is 4.98 Å². The molecular formula is C17H29N3. The van der Waals surface area contributed by atoms with Crippen molar-refractivity contribution in [1.82, 2.24) is 10.3 Å². The summed E-state index contributed by atoms with van der Waals surface area (Å²) in [6, 6.07) is 4.90. The molecule has 0 radical (unpaired) electrons. The van der Waals surface area contributed by atoms with Crippen LogP contribution in [-0.4, -0.2) is 24.1 Å². The zero-order chi connectivity index (χ0) is 14.6. The van der Waals surface area contributed by atoms with Gasteiger partial charge in [0.2, 0.25) is 0 Å². The zero-order valence-electron chi connectivity index (χ0n) is 13.4. The highest BCUT2D eigenvalue weighted by atomic mass is 15.2. The molecule has 0 unspecified atom stereocenters. The van der Waals surface area contributed by atoms with Crippen LogP contribution in [-0.2, 0) is 6.54 Å². The van der Waals surface area contributed by atoms with Crippen molar-refractivity contribution in [3.8, 4) is 0 Å². The van der Waals surface area contributed by atoms with Gasteiger partial charge in [0.25, 0.3) is 0 Å². The molecule has 0 aliphatic carbocycles. The Morgan fingerprint density at radius 1 is 1.35 bits per heavy atom. The topological polar surface area (TPSA) is 28.2 Å². The minimum absolute atomic E-state index is 0.500. The highest BCUT2D eigenvalue weighted by Gasteiger charge is 2.34. The first-order chi connectivity index (χ1) is 9.58. The van der Waals surface area contributed by atoms with Gasteiger partial charge < -0.3 is 10.2 Å². The predicted molar refractivity (Wildman–Crippen MR) is 86.1 cm³/mol. The van der Waals surface area contributed by atoms with E-state index in [1.807, 2.05) is 6.20 Å². The Bertz CT molecular complexity index is 424. The molecule has 1 aliphatic rings. The number of rotatable bonds is 6. The molecule has 20 heavy (non-hydrogen) atoms. The van der Waals surface area contributed by atoms with Crippen molar-refractivity contribution < 1.29 is 0 Å². The van der Waals surface area contributed by atoms with E-state index in [9.17, 15) is 0 Å². The third-order valence-electron chi connectivity index (χ3n) is 4.80. The lowest BCUT2D eigenvalue weighted by Crippen LogP contribution is -2.26. The third kappa shape index (κ3) is 3.51. The summed E-state index contributed by atoms with van der Waals surface area (Å²) in [6.45, 7) is 12.2. The Balaban J connectivity index is 2.05. The first-order valence-electron chi connectivity index (χ1n) is 8.02. The fourth-order valence-corrected chi connectivity index (χ4v) is 3.05. The standard InChI is InChI=1S/C17H29N3/c1-5-17(6-2)8-10-20(13-17)16-7-9-18-15(11-16)12-19-14(3)4/h7,9,11,14,19H,5-6,8,10,12-13H2,1-4H3. The summed E-state index contributed by atoms with van der Waals surface area (Å²) < 4.78 is 0. The van der Waals surface area contributed by atoms with Gasteiger partial charge in [0.05, 0.1) is 5.69 Å². The molecule has 0 spiro atoms. The molecule has 2 heterocycles. The van der Waals surface area contributed by atoms with Crippen LogP contribution in [0.25, 0.3) is 0 Å². The number of pyridine rings is 1. The quantitative estimate of drug-likeness (QED) is 0.860. The Morgan fingerprint density at radius 2 is 2.10 bits per heavy atom. The average molecular weight is 275 g/mol. The van der Waals surface area contributed by atoms with Crippen molar-refractivity contribution in [2.75, 3.05) is 18.0 Å². The number of anilines is 1. The number of hydrogen-bond acceptors (Lipinski definition) is 3. The van der Waals surface area contributed by atoms with Crippen molar-refractivity contribution in [3.05, 3.63) is 24.0 Å². The zero-order valence-corrected chi connectivity index (χ0v) is 13.4. The number of nitrogens with one attached hydrogen (secondary N) is 1. The largest absolute Gasteiger partial charge is 0.371 e. The molecule has 0 bridgehead atoms. The van der Waals surface area contributed by atoms with Crippen LogP contribution in [0.3, 0.4) is 0 Å². The first-order valence-corrected chi connectivity index (χ1v) is 8.02. The lowest BCUT2D eigenvalue weighted by molar-refractivity contribution is 0.301. The molecule has 0 saturated carbocycles. The lowest BCUT2D eigenvalue weighted by Gasteiger charge is -2.27. The second-order valence-electron chi connectivity index (χ2n) is 6.42. The van der Waals surface area contributed by atoms with Crippen LogP contribution in [0.5, 0.6) is 0 Å². The van der Waals surface area contributed by atoms with Gasteiger partial charge in [-0.15, -0.1) is 0 Å². The highest BCUT2D eigenvalue weighted by Crippen LogP contribution is 2.38. The van der Waals surface area contributed by atoms with E-state index in [1.54, 1.807) is 0 Å². The van der Waals surface area contributed by atoms with Gasteiger partial charge in [-0.1, -0.05) is 27.7 Å². The maximum Gasteiger partial charge on any atom is 0.0562 e. The lowest BCUT2D eigenvalue weighted by atomic mass is 9.82. The SMILES string of the molecule is CCC1(CC)CCN(c2ccnc(CNC(C)C)c2)C1. The normalized spacial score (nSPS) is 17.9. The molecule has 1 aliphatic heterocycles. The molecule has 1 aromatic rings. The molecule has 0 aromatic carbocycles. The molecule has 3 nitrogen and oxygen atoms in total. The molecule has 1 saturated heterocycles. The Kier molecular flexibility index (Phi) is 5.03. The van der Waals surface area contributed by atoms with Crippen molar-refractivity contribution >= 4 is 5.69 Å². The summed E-state index contributed by atoms with van der Waals surface area (Å²) in [7, 11) is 0. The van der Waals surface area contributed by atoms with Crippen molar-refractivity contribution in [2.45, 2.75) is 59.5 Å². The van der Waals surface area contributed by atoms with E-state index in [0.29, 0.717) is 11.5 Å². The van der Waals surface area contributed by atoms with Crippen molar-refractivity contribution in [3.63, 3.8) is 0 Å². The maximum atomic E-state index is 4.47. The molecule has 1 N–H and O–H groups in total. The smallest absolute Gasteiger partial charge is 0.0562 e. The summed E-state index contributed by atoms with van der Waals surface area (Å²) in [5.74, 6) is 0. The molecule has 1 fully saturated rings. The van der Waals surface area contributed by atoms with E-state index in [2.05, 4.69) is 55.0 Å². The van der Waals surface area contributed by atoms with Gasteiger partial charge in [-0.2, -0.15) is 0 Å². The van der Waals surface area contributed by atoms with Crippen LogP contribution in [0, 0.1) is 5.41 Å². The minimum Gasteiger partial charge on any atom is -0.371 e. The molecular weight excluding hydrogens is 246 g/mol. The van der Waals surface area contributed by atoms with Gasteiger partial charge in [0.1, 0.15) is 0 Å². The Hall–Kier alpha value is -1.09. The molecule has 3 heteroatoms. The van der Waals surface area contributed by atoms with Crippen LogP contribution in [0.1, 0.15) is 52.7 Å².